The fraction of sp³-hybridized carbons (Fsp3) is 0.500. The van der Waals surface area contributed by atoms with Crippen molar-refractivity contribution < 1.29 is 18.7 Å². The number of primary amides is 1. The van der Waals surface area contributed by atoms with Crippen LogP contribution in [-0.4, -0.2) is 40.7 Å². The number of nitrogens with two attached hydrogens (primary N) is 1. The van der Waals surface area contributed by atoms with Crippen molar-refractivity contribution in [1.29, 1.82) is 0 Å². The van der Waals surface area contributed by atoms with Gasteiger partial charge in [-0.05, 0) is 31.7 Å². The van der Waals surface area contributed by atoms with E-state index in [1.54, 1.807) is 6.20 Å². The quantitative estimate of drug-likeness (QED) is 0.900. The molecule has 1 aromatic rings. The lowest BCUT2D eigenvalue weighted by atomic mass is 10.0. The van der Waals surface area contributed by atoms with Gasteiger partial charge in [-0.1, -0.05) is 0 Å². The number of hydrogen-bond donors (Lipinski definition) is 1. The van der Waals surface area contributed by atoms with Crippen molar-refractivity contribution in [2.75, 3.05) is 13.2 Å². The molecule has 0 bridgehead atoms. The third kappa shape index (κ3) is 3.09. The van der Waals surface area contributed by atoms with Gasteiger partial charge in [0.1, 0.15) is 6.61 Å². The summed E-state index contributed by atoms with van der Waals surface area (Å²) in [4.78, 5) is 25.2. The summed E-state index contributed by atoms with van der Waals surface area (Å²) in [5, 5.41) is 0. The monoisotopic (exact) mass is 321 g/mol. The number of ether oxygens (including phenoxy) is 1. The van der Waals surface area contributed by atoms with E-state index in [-0.39, 0.29) is 24.6 Å². The number of hydrogen-bond acceptors (Lipinski definition) is 3. The molecule has 0 aromatic carbocycles. The van der Waals surface area contributed by atoms with Gasteiger partial charge in [0.05, 0.1) is 11.9 Å². The van der Waals surface area contributed by atoms with Crippen LogP contribution in [-0.2, 0) is 17.7 Å². The van der Waals surface area contributed by atoms with Crippen LogP contribution in [0.1, 0.15) is 34.5 Å². The second kappa shape index (κ2) is 6.06. The molecule has 2 aliphatic rings. The number of nitrogens with zero attached hydrogens (tertiary/aromatic N) is 2. The van der Waals surface area contributed by atoms with E-state index in [1.165, 1.54) is 0 Å². The van der Waals surface area contributed by atoms with E-state index in [0.717, 1.165) is 37.1 Å². The maximum Gasteiger partial charge on any atom is 0.404 e. The van der Waals surface area contributed by atoms with Gasteiger partial charge < -0.3 is 19.9 Å². The van der Waals surface area contributed by atoms with Gasteiger partial charge in [-0.25, -0.2) is 9.18 Å². The largest absolute Gasteiger partial charge is 0.445 e. The second-order valence-corrected chi connectivity index (χ2v) is 6.09. The zero-order chi connectivity index (χ0) is 16.6. The number of rotatable bonds is 5. The van der Waals surface area contributed by atoms with Crippen molar-refractivity contribution in [3.63, 3.8) is 0 Å². The van der Waals surface area contributed by atoms with Gasteiger partial charge >= 0.3 is 6.09 Å². The van der Waals surface area contributed by atoms with E-state index in [4.69, 9.17) is 5.73 Å². The summed E-state index contributed by atoms with van der Waals surface area (Å²) < 4.78 is 19.4. The smallest absolute Gasteiger partial charge is 0.404 e. The minimum Gasteiger partial charge on any atom is -0.445 e. The first-order chi connectivity index (χ1) is 11.0. The number of carbonyl (C=O) groups is 2. The molecule has 0 spiro atoms. The molecule has 23 heavy (non-hydrogen) atoms. The summed E-state index contributed by atoms with van der Waals surface area (Å²) in [6.45, 7) is 2.69. The molecule has 2 N–H and O–H groups in total. The van der Waals surface area contributed by atoms with Crippen molar-refractivity contribution in [3.8, 4) is 0 Å². The van der Waals surface area contributed by atoms with Gasteiger partial charge in [0.2, 0.25) is 0 Å². The summed E-state index contributed by atoms with van der Waals surface area (Å²) in [7, 11) is 0. The molecule has 0 radical (unpaired) electrons. The highest BCUT2D eigenvalue weighted by molar-refractivity contribution is 5.97. The highest BCUT2D eigenvalue weighted by atomic mass is 19.1. The van der Waals surface area contributed by atoms with Crippen LogP contribution in [0.5, 0.6) is 0 Å². The zero-order valence-corrected chi connectivity index (χ0v) is 13.0. The van der Waals surface area contributed by atoms with Gasteiger partial charge in [0.25, 0.3) is 5.91 Å². The fourth-order valence-corrected chi connectivity index (χ4v) is 3.08. The Hall–Kier alpha value is -2.31. The lowest BCUT2D eigenvalue weighted by Gasteiger charge is -2.27. The number of carbonyl (C=O) groups excluding carboxylic acids is 2. The normalized spacial score (nSPS) is 18.1. The Balaban J connectivity index is 1.78. The van der Waals surface area contributed by atoms with Gasteiger partial charge in [-0.2, -0.15) is 0 Å². The third-order valence-electron chi connectivity index (χ3n) is 4.49. The van der Waals surface area contributed by atoms with Crippen LogP contribution in [0.3, 0.4) is 0 Å². The van der Waals surface area contributed by atoms with Crippen LogP contribution in [0.2, 0.25) is 0 Å². The van der Waals surface area contributed by atoms with E-state index in [0.29, 0.717) is 17.9 Å². The van der Waals surface area contributed by atoms with Crippen LogP contribution in [0.4, 0.5) is 9.18 Å². The molecule has 3 rings (SSSR count). The molecule has 1 aliphatic heterocycles. The Morgan fingerprint density at radius 3 is 2.87 bits per heavy atom. The Labute approximate surface area is 133 Å². The summed E-state index contributed by atoms with van der Waals surface area (Å²) in [6, 6.07) is 0.393. The van der Waals surface area contributed by atoms with E-state index in [9.17, 15) is 14.0 Å². The van der Waals surface area contributed by atoms with E-state index in [1.807, 2.05) is 16.4 Å². The summed E-state index contributed by atoms with van der Waals surface area (Å²) >= 11 is 0. The van der Waals surface area contributed by atoms with Crippen molar-refractivity contribution in [1.82, 2.24) is 9.47 Å². The summed E-state index contributed by atoms with van der Waals surface area (Å²) in [5.74, 6) is 0.0646. The van der Waals surface area contributed by atoms with Crippen LogP contribution >= 0.6 is 0 Å². The minimum absolute atomic E-state index is 0.0646. The lowest BCUT2D eigenvalue weighted by Crippen LogP contribution is -2.38. The Morgan fingerprint density at radius 2 is 2.26 bits per heavy atom. The van der Waals surface area contributed by atoms with Crippen molar-refractivity contribution >= 4 is 12.0 Å². The maximum absolute atomic E-state index is 13.0. The third-order valence-corrected chi connectivity index (χ3v) is 4.49. The van der Waals surface area contributed by atoms with Crippen molar-refractivity contribution in [3.05, 3.63) is 34.9 Å². The topological polar surface area (TPSA) is 77.6 Å². The van der Waals surface area contributed by atoms with E-state index < -0.39 is 6.09 Å². The summed E-state index contributed by atoms with van der Waals surface area (Å²) in [5.41, 5.74) is 7.86. The van der Waals surface area contributed by atoms with Crippen LogP contribution in [0.15, 0.2) is 18.1 Å². The first-order valence-electron chi connectivity index (χ1n) is 7.71. The van der Waals surface area contributed by atoms with E-state index >= 15 is 0 Å². The molecule has 1 aromatic heterocycles. The van der Waals surface area contributed by atoms with Crippen LogP contribution < -0.4 is 5.73 Å². The Morgan fingerprint density at radius 1 is 1.52 bits per heavy atom. The standard InChI is InChI=1S/C16H20FN3O3/c1-10-13-4-5-20(12-2-3-12)15(21)14(13)8-19(10)7-11(6-17)9-23-16(18)22/h6,8,12H,2-5,7,9H2,1H3,(H2,18,22)/b11-6+. The van der Waals surface area contributed by atoms with Gasteiger partial charge in [-0.3, -0.25) is 4.79 Å². The van der Waals surface area contributed by atoms with Gasteiger partial charge in [0, 0.05) is 36.6 Å². The molecule has 7 heteroatoms. The molecule has 1 aliphatic carbocycles. The number of amides is 2. The molecular formula is C16H20FN3O3. The molecule has 124 valence electrons. The Kier molecular flexibility index (Phi) is 4.11. The molecule has 0 unspecified atom stereocenters. The van der Waals surface area contributed by atoms with Crippen LogP contribution in [0.25, 0.3) is 0 Å². The van der Waals surface area contributed by atoms with Crippen molar-refractivity contribution in [2.45, 2.75) is 38.8 Å². The Bertz CT molecular complexity index is 676. The highest BCUT2D eigenvalue weighted by Gasteiger charge is 2.37. The molecular weight excluding hydrogens is 301 g/mol. The molecule has 0 saturated heterocycles. The van der Waals surface area contributed by atoms with Gasteiger partial charge in [0.15, 0.2) is 0 Å². The first kappa shape index (κ1) is 15.6. The second-order valence-electron chi connectivity index (χ2n) is 6.09. The fourth-order valence-electron chi connectivity index (χ4n) is 3.08. The number of fused-ring (bicyclic) bond motifs is 1. The SMILES string of the molecule is Cc1c2c(cn1C/C(=C\F)COC(N)=O)C(=O)N(C1CC1)CC2. The van der Waals surface area contributed by atoms with Crippen molar-refractivity contribution in [2.24, 2.45) is 5.73 Å². The number of aromatic nitrogens is 1. The maximum atomic E-state index is 13.0. The van der Waals surface area contributed by atoms with E-state index in [2.05, 4.69) is 4.74 Å². The highest BCUT2D eigenvalue weighted by Crippen LogP contribution is 2.33. The van der Waals surface area contributed by atoms with Crippen LogP contribution in [0, 0.1) is 6.92 Å². The molecule has 2 amide bonds. The minimum atomic E-state index is -0.942. The predicted molar refractivity (Wildman–Crippen MR) is 81.7 cm³/mol. The molecule has 1 saturated carbocycles. The van der Waals surface area contributed by atoms with Gasteiger partial charge in [-0.15, -0.1) is 0 Å². The number of halogens is 1. The molecule has 0 atom stereocenters. The predicted octanol–water partition coefficient (Wildman–Crippen LogP) is 1.91. The lowest BCUT2D eigenvalue weighted by molar-refractivity contribution is 0.0727. The zero-order valence-electron chi connectivity index (χ0n) is 13.0. The molecule has 1 fully saturated rings. The molecule has 6 nitrogen and oxygen atoms in total. The average molecular weight is 321 g/mol. The molecule has 2 heterocycles. The summed E-state index contributed by atoms with van der Waals surface area (Å²) in [6.07, 6.45) is 4.24. The average Bonchev–Trinajstić information content (AvgIpc) is 3.30. The first-order valence-corrected chi connectivity index (χ1v) is 7.71.